The van der Waals surface area contributed by atoms with E-state index in [2.05, 4.69) is 4.98 Å². The van der Waals surface area contributed by atoms with E-state index in [0.717, 1.165) is 4.57 Å². The second-order valence-corrected chi connectivity index (χ2v) is 3.23. The van der Waals surface area contributed by atoms with E-state index in [1.165, 1.54) is 17.9 Å². The fourth-order valence-corrected chi connectivity index (χ4v) is 1.47. The van der Waals surface area contributed by atoms with E-state index in [9.17, 15) is 9.59 Å². The van der Waals surface area contributed by atoms with Gasteiger partial charge in [-0.3, -0.25) is 13.9 Å². The molecule has 0 spiro atoms. The van der Waals surface area contributed by atoms with E-state index in [1.807, 2.05) is 0 Å². The van der Waals surface area contributed by atoms with Crippen LogP contribution in [0.25, 0.3) is 11.2 Å². The lowest BCUT2D eigenvalue weighted by Gasteiger charge is -2.02. The normalized spacial score (nSPS) is 11.1. The molecule has 0 radical (unpaired) electrons. The van der Waals surface area contributed by atoms with Crippen molar-refractivity contribution in [2.75, 3.05) is 0 Å². The third kappa shape index (κ3) is 0.876. The molecular formula is C8H10N4O2. The lowest BCUT2D eigenvalue weighted by molar-refractivity contribution is 0.705. The van der Waals surface area contributed by atoms with E-state index < -0.39 is 0 Å². The molecule has 2 rings (SSSR count). The molecule has 0 atom stereocenters. The first-order valence-corrected chi connectivity index (χ1v) is 4.11. The van der Waals surface area contributed by atoms with Crippen LogP contribution in [-0.2, 0) is 21.1 Å². The van der Waals surface area contributed by atoms with Crippen molar-refractivity contribution in [3.05, 3.63) is 27.2 Å². The first-order chi connectivity index (χ1) is 6.54. The molecule has 6 nitrogen and oxygen atoms in total. The van der Waals surface area contributed by atoms with Gasteiger partial charge >= 0.3 is 5.69 Å². The second kappa shape index (κ2) is 2.57. The van der Waals surface area contributed by atoms with Crippen LogP contribution in [0.4, 0.5) is 0 Å². The molecule has 2 aromatic heterocycles. The van der Waals surface area contributed by atoms with E-state index >= 15 is 0 Å². The van der Waals surface area contributed by atoms with Crippen molar-refractivity contribution in [3.8, 4) is 0 Å². The van der Waals surface area contributed by atoms with E-state index in [0.29, 0.717) is 11.2 Å². The fraction of sp³-hybridized carbons (Fsp3) is 0.375. The highest BCUT2D eigenvalue weighted by Crippen LogP contribution is 2.01. The summed E-state index contributed by atoms with van der Waals surface area (Å²) in [6.07, 6.45) is 1.52. The van der Waals surface area contributed by atoms with Gasteiger partial charge in [0.15, 0.2) is 11.2 Å². The van der Waals surface area contributed by atoms with Gasteiger partial charge in [0.05, 0.1) is 6.33 Å². The minimum absolute atomic E-state index is 0.317. The van der Waals surface area contributed by atoms with Crippen LogP contribution < -0.4 is 11.2 Å². The Bertz CT molecular complexity index is 617. The summed E-state index contributed by atoms with van der Waals surface area (Å²) < 4.78 is 4.04. The van der Waals surface area contributed by atoms with E-state index in [1.54, 1.807) is 18.7 Å². The molecule has 0 aliphatic rings. The molecule has 0 aliphatic heterocycles. The van der Waals surface area contributed by atoms with Crippen LogP contribution >= 0.6 is 0 Å². The Balaban J connectivity index is 3.22. The molecule has 0 fully saturated rings. The molecule has 0 bridgehead atoms. The quantitative estimate of drug-likeness (QED) is 0.505. The molecule has 6 heteroatoms. The van der Waals surface area contributed by atoms with Crippen LogP contribution in [0.5, 0.6) is 0 Å². The summed E-state index contributed by atoms with van der Waals surface area (Å²) in [7, 11) is 4.77. The van der Waals surface area contributed by atoms with Gasteiger partial charge in [-0.05, 0) is 0 Å². The lowest BCUT2D eigenvalue weighted by atomic mass is 10.5. The van der Waals surface area contributed by atoms with Gasteiger partial charge in [-0.15, -0.1) is 0 Å². The van der Waals surface area contributed by atoms with Crippen LogP contribution in [0.15, 0.2) is 15.9 Å². The number of imidazole rings is 1. The third-order valence-corrected chi connectivity index (χ3v) is 2.32. The van der Waals surface area contributed by atoms with Crippen molar-refractivity contribution < 1.29 is 0 Å². The van der Waals surface area contributed by atoms with Gasteiger partial charge in [0.2, 0.25) is 0 Å². The summed E-state index contributed by atoms with van der Waals surface area (Å²) >= 11 is 0. The van der Waals surface area contributed by atoms with Crippen molar-refractivity contribution in [2.45, 2.75) is 0 Å². The fourth-order valence-electron chi connectivity index (χ4n) is 1.47. The van der Waals surface area contributed by atoms with Gasteiger partial charge in [0, 0.05) is 21.1 Å². The van der Waals surface area contributed by atoms with Gasteiger partial charge in [-0.25, -0.2) is 9.78 Å². The molecule has 0 saturated heterocycles. The number of aromatic nitrogens is 4. The monoisotopic (exact) mass is 195 g/mol. The number of fused-ring (bicyclic) bond motifs is 1. The maximum absolute atomic E-state index is 11.7. The molecule has 0 amide bonds. The smallest absolute Gasteiger partial charge is 0.328 e. The molecule has 74 valence electrons. The standard InChI is InChI=1S/C8H10N4O2/c1-10-4-9-6-5(10)7(13)12(3)8(14)11(6)2/h4H,1-3H3/i2+1. The summed E-state index contributed by atoms with van der Waals surface area (Å²) in [5.74, 6) is 0. The SMILES string of the molecule is Cn1c(=O)c2c(ncn2C)n([13CH3])c1=O. The summed E-state index contributed by atoms with van der Waals surface area (Å²) in [5, 5.41) is 0. The Morgan fingerprint density at radius 3 is 2.43 bits per heavy atom. The zero-order valence-corrected chi connectivity index (χ0v) is 8.18. The lowest BCUT2D eigenvalue weighted by Crippen LogP contribution is -2.37. The Morgan fingerprint density at radius 2 is 1.79 bits per heavy atom. The number of aryl methyl sites for hydroxylation is 2. The van der Waals surface area contributed by atoms with Crippen molar-refractivity contribution >= 4 is 11.2 Å². The second-order valence-electron chi connectivity index (χ2n) is 3.23. The van der Waals surface area contributed by atoms with Crippen LogP contribution in [0, 0.1) is 0 Å². The topological polar surface area (TPSA) is 61.8 Å². The van der Waals surface area contributed by atoms with Gasteiger partial charge in [0.25, 0.3) is 5.56 Å². The van der Waals surface area contributed by atoms with Gasteiger partial charge in [-0.1, -0.05) is 0 Å². The number of nitrogens with zero attached hydrogens (tertiary/aromatic N) is 4. The summed E-state index contributed by atoms with van der Waals surface area (Å²) in [4.78, 5) is 27.2. The predicted molar refractivity (Wildman–Crippen MR) is 51.2 cm³/mol. The minimum Gasteiger partial charge on any atom is -0.328 e. The number of hydrogen-bond acceptors (Lipinski definition) is 3. The zero-order valence-electron chi connectivity index (χ0n) is 8.18. The Hall–Kier alpha value is -1.85. The average Bonchev–Trinajstić information content (AvgIpc) is 2.54. The molecule has 14 heavy (non-hydrogen) atoms. The Kier molecular flexibility index (Phi) is 1.60. The van der Waals surface area contributed by atoms with Gasteiger partial charge < -0.3 is 4.57 Å². The van der Waals surface area contributed by atoms with E-state index in [-0.39, 0.29) is 11.2 Å². The molecule has 0 N–H and O–H groups in total. The highest BCUT2D eigenvalue weighted by molar-refractivity contribution is 5.69. The molecule has 2 heterocycles. The molecule has 0 unspecified atom stereocenters. The highest BCUT2D eigenvalue weighted by atomic mass is 16.2. The van der Waals surface area contributed by atoms with Gasteiger partial charge in [0.1, 0.15) is 0 Å². The third-order valence-electron chi connectivity index (χ3n) is 2.32. The van der Waals surface area contributed by atoms with Gasteiger partial charge in [-0.2, -0.15) is 0 Å². The Morgan fingerprint density at radius 1 is 1.14 bits per heavy atom. The van der Waals surface area contributed by atoms with Crippen LogP contribution in [-0.4, -0.2) is 18.7 Å². The molecule has 0 aromatic carbocycles. The molecular weight excluding hydrogens is 185 g/mol. The maximum Gasteiger partial charge on any atom is 0.332 e. The number of rotatable bonds is 0. The molecule has 2 aromatic rings. The van der Waals surface area contributed by atoms with Crippen molar-refractivity contribution in [1.82, 2.24) is 18.7 Å². The molecule has 0 saturated carbocycles. The maximum atomic E-state index is 11.7. The average molecular weight is 195 g/mol. The molecule has 0 aliphatic carbocycles. The summed E-state index contributed by atoms with van der Waals surface area (Å²) in [6, 6.07) is 0. The highest BCUT2D eigenvalue weighted by Gasteiger charge is 2.11. The Labute approximate surface area is 79.0 Å². The minimum atomic E-state index is -0.360. The summed E-state index contributed by atoms with van der Waals surface area (Å²) in [5.41, 5.74) is 0.180. The predicted octanol–water partition coefficient (Wildman–Crippen LogP) is -1.03. The van der Waals surface area contributed by atoms with E-state index in [4.69, 9.17) is 0 Å². The van der Waals surface area contributed by atoms with Crippen molar-refractivity contribution in [3.63, 3.8) is 0 Å². The van der Waals surface area contributed by atoms with Crippen LogP contribution in [0.1, 0.15) is 0 Å². The largest absolute Gasteiger partial charge is 0.332 e. The first-order valence-electron chi connectivity index (χ1n) is 4.11. The first kappa shape index (κ1) is 8.74. The zero-order chi connectivity index (χ0) is 10.5. The van der Waals surface area contributed by atoms with Crippen molar-refractivity contribution in [2.24, 2.45) is 21.1 Å². The van der Waals surface area contributed by atoms with Crippen LogP contribution in [0.3, 0.4) is 0 Å². The van der Waals surface area contributed by atoms with Crippen LogP contribution in [0.2, 0.25) is 0 Å². The number of hydrogen-bond donors (Lipinski definition) is 0. The van der Waals surface area contributed by atoms with Crippen molar-refractivity contribution in [1.29, 1.82) is 0 Å². The summed E-state index contributed by atoms with van der Waals surface area (Å²) in [6.45, 7) is 0.